The Hall–Kier alpha value is -2.21. The van der Waals surface area contributed by atoms with Gasteiger partial charge in [0.2, 0.25) is 0 Å². The highest BCUT2D eigenvalue weighted by Gasteiger charge is 2.12. The number of ether oxygens (including phenoxy) is 1. The third kappa shape index (κ3) is 4.00. The summed E-state index contributed by atoms with van der Waals surface area (Å²) in [6.07, 6.45) is 1.89. The van der Waals surface area contributed by atoms with Crippen LogP contribution in [-0.2, 0) is 6.54 Å². The van der Waals surface area contributed by atoms with Gasteiger partial charge in [-0.25, -0.2) is 4.98 Å². The van der Waals surface area contributed by atoms with Crippen LogP contribution in [0.1, 0.15) is 16.5 Å². The molecule has 3 aromatic rings. The molecule has 0 aliphatic rings. The van der Waals surface area contributed by atoms with Gasteiger partial charge in [0, 0.05) is 23.2 Å². The number of nitrogens with zero attached hydrogens (tertiary/aromatic N) is 1. The van der Waals surface area contributed by atoms with Gasteiger partial charge in [0.05, 0.1) is 19.8 Å². The maximum Gasteiger partial charge on any atom is 0.123 e. The number of methoxy groups -OCH3 is 1. The largest absolute Gasteiger partial charge is 0.497 e. The molecule has 1 heterocycles. The Bertz CT molecular complexity index is 774. The molecular formula is C19H20N2O2S. The van der Waals surface area contributed by atoms with Crippen molar-refractivity contribution in [2.45, 2.75) is 12.6 Å². The molecule has 0 saturated carbocycles. The Kier molecular flexibility index (Phi) is 5.59. The molecule has 0 amide bonds. The standard InChI is InChI=1S/C19H20N2O2S/c1-23-16-9-5-8-15(10-16)18(13-22)20-11-17-12-21-19(24-17)14-6-3-2-4-7-14/h2-10,12,18,20,22H,11,13H2,1H3. The van der Waals surface area contributed by atoms with Gasteiger partial charge < -0.3 is 15.2 Å². The van der Waals surface area contributed by atoms with Crippen LogP contribution in [0.3, 0.4) is 0 Å². The fourth-order valence-electron chi connectivity index (χ4n) is 2.47. The van der Waals surface area contributed by atoms with Gasteiger partial charge in [-0.2, -0.15) is 0 Å². The van der Waals surface area contributed by atoms with Crippen molar-refractivity contribution in [2.75, 3.05) is 13.7 Å². The van der Waals surface area contributed by atoms with Gasteiger partial charge >= 0.3 is 0 Å². The lowest BCUT2D eigenvalue weighted by molar-refractivity contribution is 0.243. The van der Waals surface area contributed by atoms with Gasteiger partial charge in [0.25, 0.3) is 0 Å². The fraction of sp³-hybridized carbons (Fsp3) is 0.211. The fourth-order valence-corrected chi connectivity index (χ4v) is 3.34. The van der Waals surface area contributed by atoms with Gasteiger partial charge in [-0.3, -0.25) is 0 Å². The van der Waals surface area contributed by atoms with Crippen molar-refractivity contribution in [3.8, 4) is 16.3 Å². The topological polar surface area (TPSA) is 54.4 Å². The predicted molar refractivity (Wildman–Crippen MR) is 97.2 cm³/mol. The highest BCUT2D eigenvalue weighted by molar-refractivity contribution is 7.15. The van der Waals surface area contributed by atoms with Crippen LogP contribution in [-0.4, -0.2) is 23.8 Å². The monoisotopic (exact) mass is 340 g/mol. The first-order valence-electron chi connectivity index (χ1n) is 7.78. The maximum atomic E-state index is 9.69. The summed E-state index contributed by atoms with van der Waals surface area (Å²) in [5.74, 6) is 0.789. The molecule has 2 N–H and O–H groups in total. The Morgan fingerprint density at radius 1 is 1.17 bits per heavy atom. The number of aromatic nitrogens is 1. The van der Waals surface area contributed by atoms with Crippen LogP contribution in [0.2, 0.25) is 0 Å². The van der Waals surface area contributed by atoms with E-state index in [1.54, 1.807) is 18.4 Å². The normalized spacial score (nSPS) is 12.1. The molecule has 3 rings (SSSR count). The molecule has 0 spiro atoms. The lowest BCUT2D eigenvalue weighted by Crippen LogP contribution is -2.23. The molecule has 0 radical (unpaired) electrons. The number of benzene rings is 2. The van der Waals surface area contributed by atoms with E-state index in [-0.39, 0.29) is 12.6 Å². The van der Waals surface area contributed by atoms with E-state index in [1.165, 1.54) is 0 Å². The van der Waals surface area contributed by atoms with Gasteiger partial charge in [-0.05, 0) is 17.7 Å². The number of thiazole rings is 1. The number of aliphatic hydroxyl groups excluding tert-OH is 1. The van der Waals surface area contributed by atoms with E-state index in [0.29, 0.717) is 6.54 Å². The average molecular weight is 340 g/mol. The van der Waals surface area contributed by atoms with Crippen molar-refractivity contribution >= 4 is 11.3 Å². The summed E-state index contributed by atoms with van der Waals surface area (Å²) in [7, 11) is 1.64. The molecule has 4 nitrogen and oxygen atoms in total. The van der Waals surface area contributed by atoms with E-state index in [2.05, 4.69) is 22.4 Å². The summed E-state index contributed by atoms with van der Waals surface area (Å²) < 4.78 is 5.25. The molecule has 0 bridgehead atoms. The summed E-state index contributed by atoms with van der Waals surface area (Å²) in [6, 6.07) is 17.8. The Morgan fingerprint density at radius 3 is 2.75 bits per heavy atom. The van der Waals surface area contributed by atoms with Crippen LogP contribution in [0.15, 0.2) is 60.8 Å². The van der Waals surface area contributed by atoms with Crippen molar-refractivity contribution in [3.63, 3.8) is 0 Å². The van der Waals surface area contributed by atoms with Crippen LogP contribution in [0, 0.1) is 0 Å². The Morgan fingerprint density at radius 2 is 2.00 bits per heavy atom. The summed E-state index contributed by atoms with van der Waals surface area (Å²) in [6.45, 7) is 0.685. The molecule has 2 aromatic carbocycles. The summed E-state index contributed by atoms with van der Waals surface area (Å²) in [5.41, 5.74) is 2.13. The first-order valence-corrected chi connectivity index (χ1v) is 8.60. The van der Waals surface area contributed by atoms with Crippen LogP contribution < -0.4 is 10.1 Å². The summed E-state index contributed by atoms with van der Waals surface area (Å²) >= 11 is 1.66. The summed E-state index contributed by atoms with van der Waals surface area (Å²) in [4.78, 5) is 5.62. The van der Waals surface area contributed by atoms with Crippen LogP contribution in [0.25, 0.3) is 10.6 Å². The lowest BCUT2D eigenvalue weighted by atomic mass is 10.1. The molecule has 1 unspecified atom stereocenters. The predicted octanol–water partition coefficient (Wildman–Crippen LogP) is 3.64. The minimum Gasteiger partial charge on any atom is -0.497 e. The molecule has 0 aliphatic carbocycles. The van der Waals surface area contributed by atoms with E-state index in [0.717, 1.165) is 26.8 Å². The average Bonchev–Trinajstić information content (AvgIpc) is 3.12. The molecule has 1 atom stereocenters. The molecule has 24 heavy (non-hydrogen) atoms. The van der Waals surface area contributed by atoms with E-state index >= 15 is 0 Å². The van der Waals surface area contributed by atoms with Crippen molar-refractivity contribution < 1.29 is 9.84 Å². The summed E-state index contributed by atoms with van der Waals surface area (Å²) in [5, 5.41) is 14.1. The highest BCUT2D eigenvalue weighted by Crippen LogP contribution is 2.25. The maximum absolute atomic E-state index is 9.69. The second-order valence-corrected chi connectivity index (χ2v) is 6.51. The van der Waals surface area contributed by atoms with E-state index in [1.807, 2.05) is 48.7 Å². The van der Waals surface area contributed by atoms with Gasteiger partial charge in [-0.1, -0.05) is 42.5 Å². The SMILES string of the molecule is COc1cccc(C(CO)NCc2cnc(-c3ccccc3)s2)c1. The van der Waals surface area contributed by atoms with Crippen molar-refractivity contribution in [1.29, 1.82) is 0 Å². The van der Waals surface area contributed by atoms with Crippen LogP contribution in [0.5, 0.6) is 5.75 Å². The first-order chi connectivity index (χ1) is 11.8. The third-order valence-electron chi connectivity index (χ3n) is 3.78. The number of nitrogens with one attached hydrogen (secondary N) is 1. The van der Waals surface area contributed by atoms with E-state index < -0.39 is 0 Å². The van der Waals surface area contributed by atoms with Crippen molar-refractivity contribution in [3.05, 3.63) is 71.2 Å². The molecule has 1 aromatic heterocycles. The quantitative estimate of drug-likeness (QED) is 0.689. The van der Waals surface area contributed by atoms with E-state index in [4.69, 9.17) is 4.74 Å². The minimum absolute atomic E-state index is 0.0253. The second kappa shape index (κ2) is 8.06. The zero-order valence-electron chi connectivity index (χ0n) is 13.5. The Balaban J connectivity index is 1.67. The zero-order valence-corrected chi connectivity index (χ0v) is 14.3. The van der Waals surface area contributed by atoms with Crippen LogP contribution >= 0.6 is 11.3 Å². The van der Waals surface area contributed by atoms with E-state index in [9.17, 15) is 5.11 Å². The number of rotatable bonds is 7. The smallest absolute Gasteiger partial charge is 0.123 e. The molecule has 0 fully saturated rings. The molecule has 5 heteroatoms. The lowest BCUT2D eigenvalue weighted by Gasteiger charge is -2.16. The number of hydrogen-bond donors (Lipinski definition) is 2. The number of aliphatic hydroxyl groups is 1. The van der Waals surface area contributed by atoms with Gasteiger partial charge in [-0.15, -0.1) is 11.3 Å². The van der Waals surface area contributed by atoms with Gasteiger partial charge in [0.1, 0.15) is 10.8 Å². The van der Waals surface area contributed by atoms with Crippen LogP contribution in [0.4, 0.5) is 0 Å². The second-order valence-electron chi connectivity index (χ2n) is 5.39. The van der Waals surface area contributed by atoms with Crippen molar-refractivity contribution in [1.82, 2.24) is 10.3 Å². The number of hydrogen-bond acceptors (Lipinski definition) is 5. The molecule has 0 aliphatic heterocycles. The third-order valence-corrected chi connectivity index (χ3v) is 4.82. The minimum atomic E-state index is -0.137. The highest BCUT2D eigenvalue weighted by atomic mass is 32.1. The Labute approximate surface area is 145 Å². The first kappa shape index (κ1) is 16.6. The van der Waals surface area contributed by atoms with Crippen molar-refractivity contribution in [2.24, 2.45) is 0 Å². The zero-order chi connectivity index (χ0) is 16.8. The molecular weight excluding hydrogens is 320 g/mol. The molecule has 124 valence electrons. The molecule has 0 saturated heterocycles. The van der Waals surface area contributed by atoms with Gasteiger partial charge in [0.15, 0.2) is 0 Å².